The number of amides is 1. The lowest BCUT2D eigenvalue weighted by atomic mass is 9.89. The van der Waals surface area contributed by atoms with Crippen molar-refractivity contribution in [3.8, 4) is 5.75 Å². The fourth-order valence-corrected chi connectivity index (χ4v) is 3.72. The van der Waals surface area contributed by atoms with Gasteiger partial charge in [0.05, 0.1) is 0 Å². The van der Waals surface area contributed by atoms with E-state index in [0.717, 1.165) is 11.3 Å². The Morgan fingerprint density at radius 2 is 1.81 bits per heavy atom. The number of benzene rings is 2. The van der Waals surface area contributed by atoms with Gasteiger partial charge in [-0.25, -0.2) is 0 Å². The molecule has 0 spiro atoms. The summed E-state index contributed by atoms with van der Waals surface area (Å²) in [6, 6.07) is 18.2. The van der Waals surface area contributed by atoms with E-state index in [1.54, 1.807) is 0 Å². The highest BCUT2D eigenvalue weighted by atomic mass is 35.5. The molecule has 2 aromatic carbocycles. The summed E-state index contributed by atoms with van der Waals surface area (Å²) in [6.07, 6.45) is 0.191. The summed E-state index contributed by atoms with van der Waals surface area (Å²) in [4.78, 5) is 15.0. The van der Waals surface area contributed by atoms with Gasteiger partial charge in [0.15, 0.2) is 6.10 Å². The number of nitrogens with two attached hydrogens (primary N) is 1. The number of carbonyl (C=O) groups excluding carboxylic acids is 1. The second-order valence-electron chi connectivity index (χ2n) is 7.04. The third-order valence-corrected chi connectivity index (χ3v) is 5.29. The summed E-state index contributed by atoms with van der Waals surface area (Å²) >= 11 is 0. The molecule has 0 radical (unpaired) electrons. The van der Waals surface area contributed by atoms with E-state index in [2.05, 4.69) is 12.1 Å². The molecule has 0 saturated carbocycles. The summed E-state index contributed by atoms with van der Waals surface area (Å²) < 4.78 is 6.06. The zero-order valence-electron chi connectivity index (χ0n) is 16.0. The third kappa shape index (κ3) is 4.82. The maximum Gasteiger partial charge on any atom is 0.263 e. The van der Waals surface area contributed by atoms with Crippen molar-refractivity contribution in [1.82, 2.24) is 4.90 Å². The lowest BCUT2D eigenvalue weighted by Crippen LogP contribution is -2.41. The lowest BCUT2D eigenvalue weighted by Gasteiger charge is -2.24. The molecule has 3 rings (SSSR count). The van der Waals surface area contributed by atoms with E-state index in [4.69, 9.17) is 10.5 Å². The zero-order chi connectivity index (χ0) is 18.5. The van der Waals surface area contributed by atoms with Crippen molar-refractivity contribution in [2.75, 3.05) is 19.6 Å². The number of hydrogen-bond donors (Lipinski definition) is 1. The van der Waals surface area contributed by atoms with Gasteiger partial charge in [-0.2, -0.15) is 0 Å². The molecule has 1 heterocycles. The molecule has 27 heavy (non-hydrogen) atoms. The van der Waals surface area contributed by atoms with Crippen molar-refractivity contribution < 1.29 is 9.53 Å². The molecule has 0 aromatic heterocycles. The fraction of sp³-hybridized carbons (Fsp3) is 0.409. The minimum absolute atomic E-state index is 0. The van der Waals surface area contributed by atoms with Crippen molar-refractivity contribution in [2.45, 2.75) is 32.3 Å². The van der Waals surface area contributed by atoms with Gasteiger partial charge in [0.1, 0.15) is 5.75 Å². The first-order valence-corrected chi connectivity index (χ1v) is 9.40. The van der Waals surface area contributed by atoms with E-state index < -0.39 is 6.10 Å². The van der Waals surface area contributed by atoms with Crippen molar-refractivity contribution in [2.24, 2.45) is 11.7 Å². The van der Waals surface area contributed by atoms with Crippen LogP contribution in [0.4, 0.5) is 0 Å². The van der Waals surface area contributed by atoms with Gasteiger partial charge >= 0.3 is 0 Å². The molecule has 1 fully saturated rings. The zero-order valence-corrected chi connectivity index (χ0v) is 16.8. The summed E-state index contributed by atoms with van der Waals surface area (Å²) in [5.41, 5.74) is 8.31. The molecule has 0 bridgehead atoms. The van der Waals surface area contributed by atoms with Gasteiger partial charge in [0, 0.05) is 19.0 Å². The maximum atomic E-state index is 13.1. The van der Waals surface area contributed by atoms with Gasteiger partial charge in [-0.3, -0.25) is 4.79 Å². The van der Waals surface area contributed by atoms with Crippen LogP contribution in [0.5, 0.6) is 5.75 Å². The molecule has 0 aliphatic carbocycles. The van der Waals surface area contributed by atoms with Gasteiger partial charge in [0.25, 0.3) is 5.91 Å². The van der Waals surface area contributed by atoms with Crippen LogP contribution in [0.15, 0.2) is 54.6 Å². The Kier molecular flexibility index (Phi) is 7.69. The van der Waals surface area contributed by atoms with E-state index >= 15 is 0 Å². The number of rotatable bonds is 6. The Labute approximate surface area is 168 Å². The summed E-state index contributed by atoms with van der Waals surface area (Å²) in [5, 5.41) is 0. The average Bonchev–Trinajstić information content (AvgIpc) is 3.12. The van der Waals surface area contributed by atoms with Gasteiger partial charge in [-0.1, -0.05) is 55.5 Å². The molecule has 1 aliphatic rings. The highest BCUT2D eigenvalue weighted by Crippen LogP contribution is 2.33. The minimum Gasteiger partial charge on any atom is -0.480 e. The first-order valence-electron chi connectivity index (χ1n) is 9.40. The Morgan fingerprint density at radius 1 is 1.15 bits per heavy atom. The molecule has 1 amide bonds. The number of para-hydroxylation sites is 1. The molecular formula is C22H29ClN2O2. The molecule has 4 nitrogen and oxygen atoms in total. The molecular weight excluding hydrogens is 360 g/mol. The molecule has 1 aliphatic heterocycles. The quantitative estimate of drug-likeness (QED) is 0.819. The Bertz CT molecular complexity index is 738. The van der Waals surface area contributed by atoms with Crippen molar-refractivity contribution in [1.29, 1.82) is 0 Å². The molecule has 146 valence electrons. The van der Waals surface area contributed by atoms with E-state index in [1.807, 2.05) is 61.2 Å². The topological polar surface area (TPSA) is 55.6 Å². The van der Waals surface area contributed by atoms with Crippen LogP contribution < -0.4 is 10.5 Å². The lowest BCUT2D eigenvalue weighted by molar-refractivity contribution is -0.137. The van der Waals surface area contributed by atoms with E-state index in [0.29, 0.717) is 32.0 Å². The average molecular weight is 389 g/mol. The second kappa shape index (κ2) is 9.77. The summed E-state index contributed by atoms with van der Waals surface area (Å²) in [5.74, 6) is 1.42. The largest absolute Gasteiger partial charge is 0.480 e. The van der Waals surface area contributed by atoms with E-state index in [-0.39, 0.29) is 24.2 Å². The minimum atomic E-state index is -0.455. The molecule has 1 unspecified atom stereocenters. The number of nitrogens with zero attached hydrogens (tertiary/aromatic N) is 1. The van der Waals surface area contributed by atoms with Crippen LogP contribution in [0.25, 0.3) is 0 Å². The second-order valence-corrected chi connectivity index (χ2v) is 7.04. The number of likely N-dealkylation sites (tertiary alicyclic amines) is 1. The van der Waals surface area contributed by atoms with Crippen LogP contribution in [0.1, 0.15) is 30.4 Å². The normalized spacial score (nSPS) is 20.0. The number of hydrogen-bond acceptors (Lipinski definition) is 3. The molecule has 3 atom stereocenters. The highest BCUT2D eigenvalue weighted by molar-refractivity contribution is 5.85. The van der Waals surface area contributed by atoms with Gasteiger partial charge in [-0.15, -0.1) is 12.4 Å². The first kappa shape index (κ1) is 21.3. The van der Waals surface area contributed by atoms with Crippen LogP contribution in [0.3, 0.4) is 0 Å². The van der Waals surface area contributed by atoms with Crippen LogP contribution in [0.2, 0.25) is 0 Å². The maximum absolute atomic E-state index is 13.1. The Hall–Kier alpha value is -2.04. The number of ether oxygens (including phenoxy) is 1. The Morgan fingerprint density at radius 3 is 2.44 bits per heavy atom. The van der Waals surface area contributed by atoms with Crippen LogP contribution >= 0.6 is 12.4 Å². The summed E-state index contributed by atoms with van der Waals surface area (Å²) in [6.45, 7) is 5.98. The van der Waals surface area contributed by atoms with E-state index in [9.17, 15) is 4.79 Å². The number of halogens is 1. The monoisotopic (exact) mass is 388 g/mol. The Balaban J connectivity index is 0.00000261. The van der Waals surface area contributed by atoms with Crippen molar-refractivity contribution in [3.05, 3.63) is 65.7 Å². The van der Waals surface area contributed by atoms with Crippen LogP contribution in [-0.4, -0.2) is 36.5 Å². The number of aryl methyl sites for hydroxylation is 1. The van der Waals surface area contributed by atoms with Crippen LogP contribution in [-0.2, 0) is 4.79 Å². The van der Waals surface area contributed by atoms with E-state index in [1.165, 1.54) is 5.56 Å². The predicted molar refractivity (Wildman–Crippen MR) is 111 cm³/mol. The summed E-state index contributed by atoms with van der Waals surface area (Å²) in [7, 11) is 0. The molecule has 2 N–H and O–H groups in total. The van der Waals surface area contributed by atoms with Gasteiger partial charge in [-0.05, 0) is 43.0 Å². The molecule has 2 aromatic rings. The highest BCUT2D eigenvalue weighted by Gasteiger charge is 2.37. The smallest absolute Gasteiger partial charge is 0.263 e. The van der Waals surface area contributed by atoms with Crippen molar-refractivity contribution in [3.63, 3.8) is 0 Å². The predicted octanol–water partition coefficient (Wildman–Crippen LogP) is 3.78. The first-order chi connectivity index (χ1) is 12.6. The van der Waals surface area contributed by atoms with Gasteiger partial charge in [0.2, 0.25) is 0 Å². The molecule has 5 heteroatoms. The standard InChI is InChI=1S/C22H28N2O2.ClH/c1-3-20(26-21-12-8-7-9-16(21)2)22(25)24-14-18(13-23)19(15-24)17-10-5-4-6-11-17;/h4-12,18-20H,3,13-15,23H2,1-2H3;1H/t18-,19+,20?;/m1./s1. The molecule has 1 saturated heterocycles. The third-order valence-electron chi connectivity index (χ3n) is 5.29. The van der Waals surface area contributed by atoms with Crippen molar-refractivity contribution >= 4 is 18.3 Å². The van der Waals surface area contributed by atoms with Gasteiger partial charge < -0.3 is 15.4 Å². The van der Waals surface area contributed by atoms with Crippen LogP contribution in [0, 0.1) is 12.8 Å². The SMILES string of the molecule is CCC(Oc1ccccc1C)C(=O)N1C[C@@H](CN)[C@H](c2ccccc2)C1.Cl. The number of carbonyl (C=O) groups is 1. The fourth-order valence-electron chi connectivity index (χ4n) is 3.72.